The van der Waals surface area contributed by atoms with Crippen LogP contribution in [0.1, 0.15) is 60.9 Å². The van der Waals surface area contributed by atoms with Crippen molar-refractivity contribution in [2.24, 2.45) is 5.92 Å². The average Bonchev–Trinajstić information content (AvgIpc) is 3.50. The molecule has 0 aliphatic heterocycles. The van der Waals surface area contributed by atoms with Crippen molar-refractivity contribution in [1.29, 1.82) is 0 Å². The predicted octanol–water partition coefficient (Wildman–Crippen LogP) is 6.72. The Morgan fingerprint density at radius 3 is 2.39 bits per heavy atom. The molecule has 238 valence electrons. The van der Waals surface area contributed by atoms with Gasteiger partial charge in [-0.25, -0.2) is 4.98 Å². The predicted molar refractivity (Wildman–Crippen MR) is 184 cm³/mol. The summed E-state index contributed by atoms with van der Waals surface area (Å²) in [5.74, 6) is 1.83. The first-order valence-electron chi connectivity index (χ1n) is 16.2. The number of benzene rings is 3. The van der Waals surface area contributed by atoms with E-state index in [1.54, 1.807) is 24.3 Å². The van der Waals surface area contributed by atoms with E-state index in [0.29, 0.717) is 30.6 Å². The number of ether oxygens (including phenoxy) is 1. The van der Waals surface area contributed by atoms with E-state index in [1.165, 1.54) is 0 Å². The van der Waals surface area contributed by atoms with Gasteiger partial charge in [0.05, 0.1) is 18.0 Å². The quantitative estimate of drug-likeness (QED) is 0.133. The van der Waals surface area contributed by atoms with Crippen LogP contribution in [0.2, 0.25) is 0 Å². The molecular formula is C37H42N6O3. The van der Waals surface area contributed by atoms with Gasteiger partial charge in [0.25, 0.3) is 0 Å². The Morgan fingerprint density at radius 2 is 1.65 bits per heavy atom. The fraction of sp³-hybridized carbons (Fsp3) is 0.351. The molecule has 3 N–H and O–H groups in total. The Bertz CT molecular complexity index is 1810. The second-order valence-electron chi connectivity index (χ2n) is 12.3. The number of hydrogen-bond acceptors (Lipinski definition) is 7. The molecule has 1 fully saturated rings. The summed E-state index contributed by atoms with van der Waals surface area (Å²) in [6.07, 6.45) is 5.85. The first-order valence-corrected chi connectivity index (χ1v) is 16.2. The number of hydrogen-bond donors (Lipinski definition) is 3. The smallest absolute Gasteiger partial charge is 0.228 e. The maximum Gasteiger partial charge on any atom is 0.228 e. The van der Waals surface area contributed by atoms with Crippen LogP contribution >= 0.6 is 0 Å². The highest BCUT2D eigenvalue weighted by molar-refractivity contribution is 6.01. The number of fused-ring (bicyclic) bond motifs is 2. The molecule has 1 amide bonds. The van der Waals surface area contributed by atoms with Crippen LogP contribution in [0.5, 0.6) is 5.75 Å². The molecule has 3 aromatic carbocycles. The van der Waals surface area contributed by atoms with E-state index in [2.05, 4.69) is 15.6 Å². The van der Waals surface area contributed by atoms with Gasteiger partial charge in [0.2, 0.25) is 11.9 Å². The van der Waals surface area contributed by atoms with Gasteiger partial charge in [-0.05, 0) is 86.6 Å². The van der Waals surface area contributed by atoms with E-state index in [9.17, 15) is 9.59 Å². The Hall–Kier alpha value is -4.92. The van der Waals surface area contributed by atoms with Gasteiger partial charge in [-0.3, -0.25) is 9.59 Å². The number of aromatic amines is 1. The van der Waals surface area contributed by atoms with E-state index in [-0.39, 0.29) is 24.2 Å². The number of rotatable bonds is 12. The molecular weight excluding hydrogens is 576 g/mol. The summed E-state index contributed by atoms with van der Waals surface area (Å²) in [6, 6.07) is 23.4. The van der Waals surface area contributed by atoms with Gasteiger partial charge in [0.1, 0.15) is 11.6 Å². The van der Waals surface area contributed by atoms with E-state index in [4.69, 9.17) is 14.7 Å². The molecule has 9 heteroatoms. The van der Waals surface area contributed by atoms with Crippen molar-refractivity contribution >= 4 is 45.3 Å². The summed E-state index contributed by atoms with van der Waals surface area (Å²) in [7, 11) is 3.99. The van der Waals surface area contributed by atoms with Crippen LogP contribution < -0.4 is 20.3 Å². The molecule has 9 nitrogen and oxygen atoms in total. The summed E-state index contributed by atoms with van der Waals surface area (Å²) >= 11 is 0. The lowest BCUT2D eigenvalue weighted by atomic mass is 9.85. The summed E-state index contributed by atoms with van der Waals surface area (Å²) < 4.78 is 5.53. The Kier molecular flexibility index (Phi) is 9.47. The zero-order valence-corrected chi connectivity index (χ0v) is 26.8. The first kappa shape index (κ1) is 31.1. The van der Waals surface area contributed by atoms with Gasteiger partial charge in [-0.2, -0.15) is 4.98 Å². The lowest BCUT2D eigenvalue weighted by Gasteiger charge is -2.30. The van der Waals surface area contributed by atoms with Gasteiger partial charge in [0, 0.05) is 61.2 Å². The average molecular weight is 619 g/mol. The number of nitrogens with one attached hydrogen (secondary N) is 3. The molecule has 5 aromatic rings. The fourth-order valence-corrected chi connectivity index (χ4v) is 6.46. The highest BCUT2D eigenvalue weighted by Gasteiger charge is 2.29. The van der Waals surface area contributed by atoms with Crippen LogP contribution in [0.25, 0.3) is 21.8 Å². The molecule has 1 aliphatic carbocycles. The number of H-pyrrole nitrogens is 1. The van der Waals surface area contributed by atoms with E-state index in [1.807, 2.05) is 80.6 Å². The molecule has 1 unspecified atom stereocenters. The Morgan fingerprint density at radius 1 is 0.935 bits per heavy atom. The number of nitrogens with zero attached hydrogens (tertiary/aromatic N) is 3. The molecule has 2 heterocycles. The molecule has 0 saturated heterocycles. The summed E-state index contributed by atoms with van der Waals surface area (Å²) in [5, 5.41) is 8.78. The molecule has 0 radical (unpaired) electrons. The zero-order valence-electron chi connectivity index (χ0n) is 26.8. The number of Topliss-reactive ketones (excluding diaryl/α,β-unsaturated/α-hetero) is 1. The third kappa shape index (κ3) is 6.98. The largest absolute Gasteiger partial charge is 0.494 e. The minimum atomic E-state index is -0.607. The summed E-state index contributed by atoms with van der Waals surface area (Å²) in [5.41, 5.74) is 3.28. The second-order valence-corrected chi connectivity index (χ2v) is 12.3. The van der Waals surface area contributed by atoms with Crippen molar-refractivity contribution in [1.82, 2.24) is 20.3 Å². The van der Waals surface area contributed by atoms with Crippen LogP contribution in [0.4, 0.5) is 11.8 Å². The maximum absolute atomic E-state index is 13.8. The van der Waals surface area contributed by atoms with Crippen molar-refractivity contribution in [2.45, 2.75) is 51.0 Å². The van der Waals surface area contributed by atoms with Gasteiger partial charge in [-0.15, -0.1) is 0 Å². The van der Waals surface area contributed by atoms with Crippen molar-refractivity contribution in [3.63, 3.8) is 0 Å². The van der Waals surface area contributed by atoms with Crippen LogP contribution in [-0.4, -0.2) is 59.9 Å². The molecule has 0 bridgehead atoms. The lowest BCUT2D eigenvalue weighted by molar-refractivity contribution is -0.122. The monoisotopic (exact) mass is 618 g/mol. The normalized spacial score (nSPS) is 17.0. The molecule has 6 rings (SSSR count). The van der Waals surface area contributed by atoms with Crippen molar-refractivity contribution < 1.29 is 14.3 Å². The standard InChI is InChI=1S/C37H42N6O3/c1-4-46-27-19-15-25(16-20-27)34(44)21-30(31-23-38-32-11-7-5-9-28(31)32)36(45)39-22-24-13-17-26(18-14-24)40-37-41-33-12-8-6-10-29(33)35(42-37)43(2)3/h5-12,15-16,19-20,23-24,26,30,38H,4,13-14,17-18,21-22H2,1-3H3,(H,39,45)(H,40,41,42). The van der Waals surface area contributed by atoms with Gasteiger partial charge in [0.15, 0.2) is 5.78 Å². The number of anilines is 2. The van der Waals surface area contributed by atoms with Gasteiger partial charge < -0.3 is 25.3 Å². The van der Waals surface area contributed by atoms with Crippen LogP contribution in [0.15, 0.2) is 79.0 Å². The Labute approximate surface area is 269 Å². The third-order valence-electron chi connectivity index (χ3n) is 8.94. The lowest BCUT2D eigenvalue weighted by Crippen LogP contribution is -2.37. The van der Waals surface area contributed by atoms with Gasteiger partial charge in [-0.1, -0.05) is 30.3 Å². The van der Waals surface area contributed by atoms with E-state index in [0.717, 1.165) is 64.6 Å². The zero-order chi connectivity index (χ0) is 32.0. The van der Waals surface area contributed by atoms with E-state index >= 15 is 0 Å². The molecule has 46 heavy (non-hydrogen) atoms. The van der Waals surface area contributed by atoms with Crippen molar-refractivity contribution in [3.8, 4) is 5.75 Å². The first-order chi connectivity index (χ1) is 22.4. The second kappa shape index (κ2) is 14.0. The third-order valence-corrected chi connectivity index (χ3v) is 8.94. The minimum absolute atomic E-state index is 0.0756. The number of carbonyl (C=O) groups excluding carboxylic acids is 2. The topological polar surface area (TPSA) is 112 Å². The number of para-hydroxylation sites is 2. The maximum atomic E-state index is 13.8. The van der Waals surface area contributed by atoms with Crippen LogP contribution in [-0.2, 0) is 4.79 Å². The number of carbonyl (C=O) groups is 2. The SMILES string of the molecule is CCOc1ccc(C(=O)CC(C(=O)NCC2CCC(Nc3nc(N(C)C)c4ccccc4n3)CC2)c2c[nH]c3ccccc23)cc1. The number of ketones is 1. The van der Waals surface area contributed by atoms with Crippen LogP contribution in [0.3, 0.4) is 0 Å². The number of aromatic nitrogens is 3. The van der Waals surface area contributed by atoms with Crippen molar-refractivity contribution in [3.05, 3.63) is 90.1 Å². The summed E-state index contributed by atoms with van der Waals surface area (Å²) in [6.45, 7) is 3.07. The van der Waals surface area contributed by atoms with Crippen LogP contribution in [0, 0.1) is 5.92 Å². The minimum Gasteiger partial charge on any atom is -0.494 e. The summed E-state index contributed by atoms with van der Waals surface area (Å²) in [4.78, 5) is 42.1. The Balaban J connectivity index is 1.09. The molecule has 1 saturated carbocycles. The van der Waals surface area contributed by atoms with Gasteiger partial charge >= 0.3 is 0 Å². The van der Waals surface area contributed by atoms with Crippen molar-refractivity contribution in [2.75, 3.05) is 37.5 Å². The number of amides is 1. The molecule has 1 aliphatic rings. The fourth-order valence-electron chi connectivity index (χ4n) is 6.46. The molecule has 1 atom stereocenters. The molecule has 0 spiro atoms. The highest BCUT2D eigenvalue weighted by atomic mass is 16.5. The molecule has 2 aromatic heterocycles. The highest BCUT2D eigenvalue weighted by Crippen LogP contribution is 2.31. The van der Waals surface area contributed by atoms with E-state index < -0.39 is 5.92 Å².